The molecule has 0 spiro atoms. The molecule has 3 aromatic rings. The molecule has 0 aliphatic heterocycles. The molecule has 0 bridgehead atoms. The van der Waals surface area contributed by atoms with Crippen LogP contribution in [0.2, 0.25) is 0 Å². The molecular formula is C18H21N5O2. The number of nitrogens with zero attached hydrogens (tertiary/aromatic N) is 3. The summed E-state index contributed by atoms with van der Waals surface area (Å²) in [6.07, 6.45) is 0.532. The van der Waals surface area contributed by atoms with Crippen molar-refractivity contribution in [1.29, 1.82) is 0 Å². The number of hydrazine groups is 1. The molecule has 0 saturated carbocycles. The van der Waals surface area contributed by atoms with E-state index in [9.17, 15) is 4.79 Å². The van der Waals surface area contributed by atoms with Gasteiger partial charge in [-0.05, 0) is 31.4 Å². The van der Waals surface area contributed by atoms with Crippen molar-refractivity contribution in [1.82, 2.24) is 14.5 Å². The molecule has 7 nitrogen and oxygen atoms in total. The number of carbonyl (C=O) groups excluding carboxylic acids is 1. The highest BCUT2D eigenvalue weighted by molar-refractivity contribution is 5.95. The molecule has 130 valence electrons. The second-order valence-electron chi connectivity index (χ2n) is 5.74. The fraction of sp³-hybridized carbons (Fsp3) is 0.278. The maximum Gasteiger partial charge on any atom is 0.343 e. The summed E-state index contributed by atoms with van der Waals surface area (Å²) in [5.41, 5.74) is 5.51. The number of aromatic nitrogens is 3. The van der Waals surface area contributed by atoms with E-state index < -0.39 is 5.97 Å². The fourth-order valence-electron chi connectivity index (χ4n) is 2.94. The van der Waals surface area contributed by atoms with E-state index in [0.717, 1.165) is 16.6 Å². The van der Waals surface area contributed by atoms with Gasteiger partial charge in [-0.25, -0.2) is 20.6 Å². The minimum Gasteiger partial charge on any atom is -0.462 e. The molecule has 0 amide bonds. The number of carbonyl (C=O) groups is 1. The molecule has 3 rings (SSSR count). The van der Waals surface area contributed by atoms with Gasteiger partial charge in [0, 0.05) is 24.7 Å². The molecule has 0 aliphatic rings. The van der Waals surface area contributed by atoms with Crippen LogP contribution in [-0.4, -0.2) is 27.1 Å². The van der Waals surface area contributed by atoms with Crippen LogP contribution in [0, 0.1) is 6.92 Å². The van der Waals surface area contributed by atoms with Gasteiger partial charge in [-0.1, -0.05) is 18.2 Å². The van der Waals surface area contributed by atoms with Crippen molar-refractivity contribution in [2.45, 2.75) is 20.3 Å². The summed E-state index contributed by atoms with van der Waals surface area (Å²) in [5.74, 6) is 5.94. The second-order valence-corrected chi connectivity index (χ2v) is 5.74. The molecule has 2 heterocycles. The Balaban J connectivity index is 1.98. The third-order valence-electron chi connectivity index (χ3n) is 4.14. The SMILES string of the molecule is CCOC(=O)c1c(C)nc(Cc2cc3ccccc3n2C)nc1NN. The number of hydrogen-bond acceptors (Lipinski definition) is 6. The molecule has 3 N–H and O–H groups in total. The minimum absolute atomic E-state index is 0.269. The van der Waals surface area contributed by atoms with Gasteiger partial charge >= 0.3 is 5.97 Å². The Morgan fingerprint density at radius 1 is 1.32 bits per heavy atom. The Hall–Kier alpha value is -2.93. The lowest BCUT2D eigenvalue weighted by Crippen LogP contribution is -2.19. The van der Waals surface area contributed by atoms with Crippen molar-refractivity contribution in [2.75, 3.05) is 12.0 Å². The summed E-state index contributed by atoms with van der Waals surface area (Å²) in [5, 5.41) is 1.16. The third kappa shape index (κ3) is 3.18. The summed E-state index contributed by atoms with van der Waals surface area (Å²) >= 11 is 0. The summed E-state index contributed by atoms with van der Waals surface area (Å²) < 4.78 is 7.16. The average Bonchev–Trinajstić information content (AvgIpc) is 2.90. The first-order valence-electron chi connectivity index (χ1n) is 8.09. The van der Waals surface area contributed by atoms with Crippen LogP contribution in [0.15, 0.2) is 30.3 Å². The molecule has 7 heteroatoms. The molecule has 1 aromatic carbocycles. The van der Waals surface area contributed by atoms with E-state index in [1.807, 2.05) is 19.2 Å². The van der Waals surface area contributed by atoms with Gasteiger partial charge in [0.25, 0.3) is 0 Å². The first-order chi connectivity index (χ1) is 12.0. The number of nitrogens with two attached hydrogens (primary N) is 1. The number of ether oxygens (including phenoxy) is 1. The summed E-state index contributed by atoms with van der Waals surface area (Å²) in [7, 11) is 2.01. The van der Waals surface area contributed by atoms with E-state index in [-0.39, 0.29) is 18.0 Å². The number of rotatable bonds is 5. The van der Waals surface area contributed by atoms with Gasteiger partial charge in [-0.15, -0.1) is 0 Å². The van der Waals surface area contributed by atoms with E-state index in [1.54, 1.807) is 13.8 Å². The topological polar surface area (TPSA) is 95.1 Å². The summed E-state index contributed by atoms with van der Waals surface area (Å²) in [6.45, 7) is 3.78. The van der Waals surface area contributed by atoms with E-state index >= 15 is 0 Å². The molecule has 2 aromatic heterocycles. The molecule has 0 radical (unpaired) electrons. The van der Waals surface area contributed by atoms with Crippen molar-refractivity contribution in [2.24, 2.45) is 12.9 Å². The maximum absolute atomic E-state index is 12.1. The van der Waals surface area contributed by atoms with Crippen LogP contribution in [0.25, 0.3) is 10.9 Å². The number of hydrogen-bond donors (Lipinski definition) is 2. The number of aryl methyl sites for hydroxylation is 2. The number of nitrogens with one attached hydrogen (secondary N) is 1. The molecule has 0 atom stereocenters. The van der Waals surface area contributed by atoms with Gasteiger partial charge in [0.1, 0.15) is 11.4 Å². The Morgan fingerprint density at radius 2 is 2.08 bits per heavy atom. The number of para-hydroxylation sites is 1. The molecule has 0 aliphatic carbocycles. The molecule has 25 heavy (non-hydrogen) atoms. The molecule has 0 unspecified atom stereocenters. The number of anilines is 1. The van der Waals surface area contributed by atoms with E-state index in [1.165, 1.54) is 0 Å². The Bertz CT molecular complexity index is 933. The fourth-order valence-corrected chi connectivity index (χ4v) is 2.94. The summed E-state index contributed by atoms with van der Waals surface area (Å²) in [4.78, 5) is 21.0. The molecular weight excluding hydrogens is 318 g/mol. The zero-order valence-electron chi connectivity index (χ0n) is 14.5. The third-order valence-corrected chi connectivity index (χ3v) is 4.14. The standard InChI is InChI=1S/C18H21N5O2/c1-4-25-18(24)16-11(2)20-15(21-17(16)22-19)10-13-9-12-7-5-6-8-14(12)23(13)3/h5-9H,4,10,19H2,1-3H3,(H,20,21,22). The monoisotopic (exact) mass is 339 g/mol. The van der Waals surface area contributed by atoms with Crippen LogP contribution in [0.1, 0.15) is 34.5 Å². The van der Waals surface area contributed by atoms with Crippen molar-refractivity contribution >= 4 is 22.7 Å². The zero-order chi connectivity index (χ0) is 18.0. The largest absolute Gasteiger partial charge is 0.462 e. The van der Waals surface area contributed by atoms with Gasteiger partial charge in [-0.2, -0.15) is 0 Å². The van der Waals surface area contributed by atoms with Gasteiger partial charge in [0.2, 0.25) is 0 Å². The first kappa shape index (κ1) is 16.9. The van der Waals surface area contributed by atoms with Crippen LogP contribution in [0.3, 0.4) is 0 Å². The van der Waals surface area contributed by atoms with Crippen LogP contribution >= 0.6 is 0 Å². The Labute approximate surface area is 145 Å². The number of esters is 1. The van der Waals surface area contributed by atoms with Crippen LogP contribution in [0.5, 0.6) is 0 Å². The molecule has 0 saturated heterocycles. The average molecular weight is 339 g/mol. The van der Waals surface area contributed by atoms with Crippen LogP contribution in [-0.2, 0) is 18.2 Å². The Morgan fingerprint density at radius 3 is 2.76 bits per heavy atom. The van der Waals surface area contributed by atoms with Crippen LogP contribution in [0.4, 0.5) is 5.82 Å². The molecule has 0 fully saturated rings. The van der Waals surface area contributed by atoms with E-state index in [0.29, 0.717) is 17.9 Å². The minimum atomic E-state index is -0.482. The quantitative estimate of drug-likeness (QED) is 0.421. The van der Waals surface area contributed by atoms with Gasteiger partial charge < -0.3 is 14.7 Å². The van der Waals surface area contributed by atoms with Crippen LogP contribution < -0.4 is 11.3 Å². The lowest BCUT2D eigenvalue weighted by molar-refractivity contribution is 0.0525. The highest BCUT2D eigenvalue weighted by atomic mass is 16.5. The lowest BCUT2D eigenvalue weighted by Gasteiger charge is -2.12. The van der Waals surface area contributed by atoms with E-state index in [2.05, 4.69) is 38.2 Å². The maximum atomic E-state index is 12.1. The highest BCUT2D eigenvalue weighted by Gasteiger charge is 2.20. The normalized spacial score (nSPS) is 10.9. The highest BCUT2D eigenvalue weighted by Crippen LogP contribution is 2.22. The van der Waals surface area contributed by atoms with Crippen molar-refractivity contribution in [3.8, 4) is 0 Å². The summed E-state index contributed by atoms with van der Waals surface area (Å²) in [6, 6.07) is 10.3. The smallest absolute Gasteiger partial charge is 0.343 e. The van der Waals surface area contributed by atoms with Gasteiger partial charge in [0.15, 0.2) is 5.82 Å². The van der Waals surface area contributed by atoms with E-state index in [4.69, 9.17) is 10.6 Å². The number of nitrogen functional groups attached to an aromatic ring is 1. The first-order valence-corrected chi connectivity index (χ1v) is 8.09. The number of benzene rings is 1. The predicted molar refractivity (Wildman–Crippen MR) is 96.3 cm³/mol. The van der Waals surface area contributed by atoms with Crippen molar-refractivity contribution < 1.29 is 9.53 Å². The van der Waals surface area contributed by atoms with Crippen molar-refractivity contribution in [3.63, 3.8) is 0 Å². The number of fused-ring (bicyclic) bond motifs is 1. The second kappa shape index (κ2) is 6.90. The van der Waals surface area contributed by atoms with Gasteiger partial charge in [0.05, 0.1) is 12.3 Å². The Kier molecular flexibility index (Phi) is 4.67. The lowest BCUT2D eigenvalue weighted by atomic mass is 10.2. The van der Waals surface area contributed by atoms with Crippen molar-refractivity contribution in [3.05, 3.63) is 53.1 Å². The predicted octanol–water partition coefficient (Wildman–Crippen LogP) is 2.33. The van der Waals surface area contributed by atoms with Gasteiger partial charge in [-0.3, -0.25) is 0 Å². The zero-order valence-corrected chi connectivity index (χ0v) is 14.5.